The fraction of sp³-hybridized carbons (Fsp3) is 0. The van der Waals surface area contributed by atoms with Crippen molar-refractivity contribution in [2.24, 2.45) is 0 Å². The van der Waals surface area contributed by atoms with Gasteiger partial charge in [0.15, 0.2) is 0 Å². The monoisotopic (exact) mass is 144 g/mol. The van der Waals surface area contributed by atoms with E-state index in [1.807, 2.05) is 0 Å². The molecular formula is H2AlBCaZn. The van der Waals surface area contributed by atoms with E-state index in [2.05, 4.69) is 0 Å². The van der Waals surface area contributed by atoms with Gasteiger partial charge in [0.2, 0.25) is 0 Å². The fourth-order valence-electron chi connectivity index (χ4n) is 0. The second-order valence-corrected chi connectivity index (χ2v) is 0. The Labute approximate surface area is 81.6 Å². The van der Waals surface area contributed by atoms with Crippen molar-refractivity contribution in [1.82, 2.24) is 0 Å². The molecule has 4 heavy (non-hydrogen) atoms. The summed E-state index contributed by atoms with van der Waals surface area (Å²) < 4.78 is 0. The Morgan fingerprint density at radius 1 is 1.00 bits per heavy atom. The van der Waals surface area contributed by atoms with Crippen molar-refractivity contribution in [1.29, 1.82) is 0 Å². The van der Waals surface area contributed by atoms with E-state index in [-0.39, 0.29) is 83.0 Å². The molecule has 0 spiro atoms. The summed E-state index contributed by atoms with van der Waals surface area (Å²) in [5.74, 6) is 0. The zero-order chi connectivity index (χ0) is 0. The van der Waals surface area contributed by atoms with Crippen molar-refractivity contribution in [2.75, 3.05) is 0 Å². The Kier molecular flexibility index (Phi) is 141. The summed E-state index contributed by atoms with van der Waals surface area (Å²) in [6.07, 6.45) is 0. The Bertz CT molecular complexity index is 8.00. The molecule has 0 heterocycles. The van der Waals surface area contributed by atoms with Gasteiger partial charge in [0, 0.05) is 45.3 Å². The first kappa shape index (κ1) is 31.6. The molecule has 0 aliphatic heterocycles. The summed E-state index contributed by atoms with van der Waals surface area (Å²) in [5.41, 5.74) is 0. The van der Waals surface area contributed by atoms with Gasteiger partial charge in [-0.1, -0.05) is 0 Å². The fourth-order valence-corrected chi connectivity index (χ4v) is 0. The van der Waals surface area contributed by atoms with Crippen molar-refractivity contribution in [3.05, 3.63) is 0 Å². The number of hydrogen-bond donors (Lipinski definition) is 0. The van der Waals surface area contributed by atoms with Crippen LogP contribution in [0.4, 0.5) is 0 Å². The predicted molar refractivity (Wildman–Crippen MR) is 20.1 cm³/mol. The molecule has 0 aromatic rings. The molecule has 0 saturated carbocycles. The van der Waals surface area contributed by atoms with E-state index in [1.165, 1.54) is 0 Å². The third-order valence-corrected chi connectivity index (χ3v) is 0. The zero-order valence-electron chi connectivity index (χ0n) is 1.86. The molecule has 4 heteroatoms. The van der Waals surface area contributed by atoms with Gasteiger partial charge in [-0.25, -0.2) is 0 Å². The van der Waals surface area contributed by atoms with Crippen molar-refractivity contribution in [3.63, 3.8) is 0 Å². The average molecular weight is 145 g/mol. The summed E-state index contributed by atoms with van der Waals surface area (Å²) >= 11 is 0. The summed E-state index contributed by atoms with van der Waals surface area (Å²) in [6.45, 7) is 0. The van der Waals surface area contributed by atoms with Crippen LogP contribution in [0, 0.1) is 0 Å². The van der Waals surface area contributed by atoms with Gasteiger partial charge >= 0.3 is 37.7 Å². The Morgan fingerprint density at radius 3 is 1.00 bits per heavy atom. The molecule has 0 atom stereocenters. The van der Waals surface area contributed by atoms with E-state index in [0.29, 0.717) is 0 Å². The smallest absolute Gasteiger partial charge is 0 e. The van der Waals surface area contributed by atoms with Crippen LogP contribution >= 0.6 is 0 Å². The molecule has 0 aliphatic carbocycles. The van der Waals surface area contributed by atoms with Crippen LogP contribution in [0.5, 0.6) is 0 Å². The van der Waals surface area contributed by atoms with Crippen LogP contribution in [-0.2, 0) is 19.5 Å². The largest absolute Gasteiger partial charge is 0 e. The van der Waals surface area contributed by atoms with E-state index >= 15 is 0 Å². The van der Waals surface area contributed by atoms with Crippen LogP contribution in [-0.4, -0.2) is 63.5 Å². The molecule has 0 saturated heterocycles. The molecule has 0 bridgehead atoms. The third kappa shape index (κ3) is 8.82. The van der Waals surface area contributed by atoms with Gasteiger partial charge in [0.1, 0.15) is 0 Å². The van der Waals surface area contributed by atoms with Gasteiger partial charge in [0.05, 0.1) is 0 Å². The first-order chi connectivity index (χ1) is 0. The van der Waals surface area contributed by atoms with E-state index in [1.54, 1.807) is 0 Å². The summed E-state index contributed by atoms with van der Waals surface area (Å²) in [7, 11) is 0. The van der Waals surface area contributed by atoms with Gasteiger partial charge in [-0.15, -0.1) is 0 Å². The molecule has 0 nitrogen and oxygen atoms in total. The standard InChI is InChI=1S/Al.B.Ca.Zn.2H. The minimum Gasteiger partial charge on any atom is 0 e. The molecule has 0 N–H and O–H groups in total. The van der Waals surface area contributed by atoms with Crippen molar-refractivity contribution in [3.8, 4) is 0 Å². The summed E-state index contributed by atoms with van der Waals surface area (Å²) in [5, 5.41) is 0. The first-order valence-electron chi connectivity index (χ1n) is 0. The van der Waals surface area contributed by atoms with E-state index in [4.69, 9.17) is 0 Å². The SMILES string of the molecule is [Al].[B].[CaH2].[Zn]. The number of hydrogen-bond acceptors (Lipinski definition) is 0. The Balaban J connectivity index is 0. The molecular weight excluding hydrogens is 143 g/mol. The number of rotatable bonds is 0. The quantitative estimate of drug-likeness (QED) is 0.357. The molecule has 0 amide bonds. The Hall–Kier alpha value is 2.48. The van der Waals surface area contributed by atoms with E-state index in [0.717, 1.165) is 0 Å². The van der Waals surface area contributed by atoms with E-state index < -0.39 is 0 Å². The topological polar surface area (TPSA) is 0 Å². The van der Waals surface area contributed by atoms with Crippen molar-refractivity contribution < 1.29 is 19.5 Å². The van der Waals surface area contributed by atoms with E-state index in [9.17, 15) is 0 Å². The molecule has 12 valence electrons. The maximum atomic E-state index is 0. The first-order valence-corrected chi connectivity index (χ1v) is 0. The van der Waals surface area contributed by atoms with Crippen LogP contribution in [0.3, 0.4) is 0 Å². The van der Waals surface area contributed by atoms with Gasteiger partial charge in [0.25, 0.3) is 0 Å². The maximum Gasteiger partial charge on any atom is 0 e. The molecule has 6 radical (unpaired) electrons. The average Bonchev–Trinajstić information content (AvgIpc) is 0. The summed E-state index contributed by atoms with van der Waals surface area (Å²) in [6, 6.07) is 0. The van der Waals surface area contributed by atoms with Crippen molar-refractivity contribution in [2.45, 2.75) is 0 Å². The molecule has 0 fully saturated rings. The summed E-state index contributed by atoms with van der Waals surface area (Å²) in [4.78, 5) is 0. The van der Waals surface area contributed by atoms with Crippen LogP contribution in [0.15, 0.2) is 0 Å². The van der Waals surface area contributed by atoms with Crippen LogP contribution < -0.4 is 0 Å². The van der Waals surface area contributed by atoms with Gasteiger partial charge in [-0.3, -0.25) is 0 Å². The maximum absolute atomic E-state index is 0. The second-order valence-electron chi connectivity index (χ2n) is 0. The minimum atomic E-state index is 0. The van der Waals surface area contributed by atoms with Gasteiger partial charge in [-0.2, -0.15) is 0 Å². The molecule has 0 aromatic heterocycles. The third-order valence-electron chi connectivity index (χ3n) is 0. The van der Waals surface area contributed by atoms with Crippen LogP contribution in [0.2, 0.25) is 0 Å². The molecule has 0 rings (SSSR count). The molecule has 0 unspecified atom stereocenters. The van der Waals surface area contributed by atoms with Gasteiger partial charge < -0.3 is 0 Å². The molecule has 0 aliphatic rings. The minimum absolute atomic E-state index is 0. The molecule has 0 aromatic carbocycles. The Morgan fingerprint density at radius 2 is 1.00 bits per heavy atom. The van der Waals surface area contributed by atoms with Crippen LogP contribution in [0.25, 0.3) is 0 Å². The zero-order valence-corrected chi connectivity index (χ0v) is 5.98. The normalized spacial score (nSPS) is 0. The predicted octanol–water partition coefficient (Wildman–Crippen LogP) is -1.68. The van der Waals surface area contributed by atoms with Crippen molar-refractivity contribution >= 4 is 63.5 Å². The second kappa shape index (κ2) is 17.9. The van der Waals surface area contributed by atoms with Gasteiger partial charge in [-0.05, 0) is 0 Å². The van der Waals surface area contributed by atoms with Crippen LogP contribution in [0.1, 0.15) is 0 Å².